The van der Waals surface area contributed by atoms with Crippen LogP contribution in [0.2, 0.25) is 5.15 Å². The average molecular weight is 397 g/mol. The maximum absolute atomic E-state index is 15.2. The predicted octanol–water partition coefficient (Wildman–Crippen LogP) is 4.95. The fourth-order valence-corrected chi connectivity index (χ4v) is 5.69. The summed E-state index contributed by atoms with van der Waals surface area (Å²) in [5, 5.41) is 0.605. The smallest absolute Gasteiger partial charge is 0.190 e. The molecule has 2 bridgehead atoms. The third kappa shape index (κ3) is 2.43. The number of fused-ring (bicyclic) bond motifs is 5. The molecule has 0 unspecified atom stereocenters. The maximum atomic E-state index is 15.2. The van der Waals surface area contributed by atoms with Crippen molar-refractivity contribution in [1.82, 2.24) is 15.0 Å². The lowest BCUT2D eigenvalue weighted by atomic mass is 9.87. The van der Waals surface area contributed by atoms with Crippen molar-refractivity contribution in [3.8, 4) is 0 Å². The SMILES string of the molecule is CCSc1nc2c3c(nc(Cl)c(F)c3n1)[C@H](F)C[C@@H]1[C@@H]3CC[C@@H](C3)CN21. The number of thioether (sulfide) groups is 1. The number of aromatic nitrogens is 3. The minimum atomic E-state index is -1.28. The van der Waals surface area contributed by atoms with E-state index in [9.17, 15) is 4.39 Å². The van der Waals surface area contributed by atoms with Crippen LogP contribution in [-0.4, -0.2) is 33.3 Å². The van der Waals surface area contributed by atoms with E-state index >= 15 is 4.39 Å². The monoisotopic (exact) mass is 396 g/mol. The Morgan fingerprint density at radius 3 is 2.88 bits per heavy atom. The van der Waals surface area contributed by atoms with Crippen LogP contribution in [0.4, 0.5) is 14.6 Å². The van der Waals surface area contributed by atoms with Gasteiger partial charge in [0.05, 0.1) is 11.1 Å². The second-order valence-electron chi connectivity index (χ2n) is 7.45. The van der Waals surface area contributed by atoms with Crippen LogP contribution in [0.1, 0.15) is 44.5 Å². The van der Waals surface area contributed by atoms with Crippen molar-refractivity contribution in [3.63, 3.8) is 0 Å². The highest BCUT2D eigenvalue weighted by Gasteiger charge is 2.45. The highest BCUT2D eigenvalue weighted by atomic mass is 35.5. The first-order chi connectivity index (χ1) is 12.6. The van der Waals surface area contributed by atoms with E-state index < -0.39 is 12.0 Å². The van der Waals surface area contributed by atoms with E-state index in [0.717, 1.165) is 25.1 Å². The second kappa shape index (κ2) is 6.16. The van der Waals surface area contributed by atoms with Crippen LogP contribution in [0.15, 0.2) is 5.16 Å². The molecule has 4 heterocycles. The van der Waals surface area contributed by atoms with E-state index in [4.69, 9.17) is 16.6 Å². The van der Waals surface area contributed by atoms with Crippen molar-refractivity contribution >= 4 is 40.1 Å². The number of halogens is 3. The lowest BCUT2D eigenvalue weighted by Gasteiger charge is -2.40. The van der Waals surface area contributed by atoms with Crippen LogP contribution < -0.4 is 4.90 Å². The molecule has 138 valence electrons. The summed E-state index contributed by atoms with van der Waals surface area (Å²) in [6.07, 6.45) is 2.53. The van der Waals surface area contributed by atoms with Gasteiger partial charge in [-0.05, 0) is 36.9 Å². The molecule has 4 atom stereocenters. The van der Waals surface area contributed by atoms with Gasteiger partial charge in [-0.15, -0.1) is 0 Å². The molecule has 8 heteroatoms. The zero-order valence-electron chi connectivity index (χ0n) is 14.4. The third-order valence-corrected chi connectivity index (χ3v) is 6.98. The highest BCUT2D eigenvalue weighted by molar-refractivity contribution is 7.99. The van der Waals surface area contributed by atoms with Crippen LogP contribution >= 0.6 is 23.4 Å². The van der Waals surface area contributed by atoms with Gasteiger partial charge in [-0.2, -0.15) is 0 Å². The number of nitrogens with zero attached hydrogens (tertiary/aromatic N) is 4. The van der Waals surface area contributed by atoms with Crippen LogP contribution in [0.3, 0.4) is 0 Å². The van der Waals surface area contributed by atoms with Crippen LogP contribution in [0.25, 0.3) is 10.9 Å². The van der Waals surface area contributed by atoms with Gasteiger partial charge in [-0.25, -0.2) is 23.7 Å². The van der Waals surface area contributed by atoms with E-state index in [1.807, 2.05) is 6.92 Å². The van der Waals surface area contributed by atoms with E-state index in [0.29, 0.717) is 34.6 Å². The maximum Gasteiger partial charge on any atom is 0.190 e. The summed E-state index contributed by atoms with van der Waals surface area (Å²) in [5.41, 5.74) is 0.293. The number of pyridine rings is 1. The summed E-state index contributed by atoms with van der Waals surface area (Å²) in [4.78, 5) is 15.4. The van der Waals surface area contributed by atoms with Crippen molar-refractivity contribution < 1.29 is 8.78 Å². The molecular weight excluding hydrogens is 378 g/mol. The first-order valence-electron chi connectivity index (χ1n) is 9.17. The molecule has 0 aromatic carbocycles. The molecule has 26 heavy (non-hydrogen) atoms. The van der Waals surface area contributed by atoms with Gasteiger partial charge in [0.25, 0.3) is 0 Å². The molecule has 5 rings (SSSR count). The highest BCUT2D eigenvalue weighted by Crippen LogP contribution is 2.49. The molecule has 1 saturated heterocycles. The molecule has 0 amide bonds. The molecule has 1 saturated carbocycles. The van der Waals surface area contributed by atoms with Gasteiger partial charge in [-0.3, -0.25) is 0 Å². The molecule has 0 N–H and O–H groups in total. The Kier molecular flexibility index (Phi) is 4.01. The van der Waals surface area contributed by atoms with Crippen molar-refractivity contribution in [2.24, 2.45) is 11.8 Å². The third-order valence-electron chi connectivity index (χ3n) is 6.00. The fraction of sp³-hybridized carbons (Fsp3) is 0.611. The van der Waals surface area contributed by atoms with Crippen LogP contribution in [0.5, 0.6) is 0 Å². The Labute approximate surface area is 159 Å². The Hall–Kier alpha value is -1.21. The van der Waals surface area contributed by atoms with Crippen LogP contribution in [-0.2, 0) is 0 Å². The van der Waals surface area contributed by atoms with Gasteiger partial charge in [-0.1, -0.05) is 30.3 Å². The van der Waals surface area contributed by atoms with E-state index in [1.165, 1.54) is 18.2 Å². The first-order valence-corrected chi connectivity index (χ1v) is 10.5. The number of anilines is 1. The average Bonchev–Trinajstić information content (AvgIpc) is 2.97. The summed E-state index contributed by atoms with van der Waals surface area (Å²) < 4.78 is 30.0. The van der Waals surface area contributed by atoms with E-state index in [1.54, 1.807) is 0 Å². The van der Waals surface area contributed by atoms with Gasteiger partial charge in [0.15, 0.2) is 16.1 Å². The standard InChI is InChI=1S/C18H19ClF2N4S/c1-2-26-18-23-15-12-14(22-16(19)13(15)21)10(20)6-11-9-4-3-8(5-9)7-25(11)17(12)24-18/h8-11H,2-7H2,1H3/t8-,9+,10+,11+/m0/s1. The van der Waals surface area contributed by atoms with Gasteiger partial charge >= 0.3 is 0 Å². The lowest BCUT2D eigenvalue weighted by Crippen LogP contribution is -2.46. The summed E-state index contributed by atoms with van der Waals surface area (Å²) in [6.45, 7) is 2.85. The second-order valence-corrected chi connectivity index (χ2v) is 9.04. The molecule has 2 aliphatic heterocycles. The van der Waals surface area contributed by atoms with Crippen molar-refractivity contribution in [1.29, 1.82) is 0 Å². The number of alkyl halides is 1. The van der Waals surface area contributed by atoms with Gasteiger partial charge in [0, 0.05) is 19.0 Å². The molecule has 2 aromatic rings. The van der Waals surface area contributed by atoms with Gasteiger partial charge in [0.2, 0.25) is 0 Å². The molecule has 4 nitrogen and oxygen atoms in total. The summed E-state index contributed by atoms with van der Waals surface area (Å²) >= 11 is 7.43. The Balaban J connectivity index is 1.80. The topological polar surface area (TPSA) is 41.9 Å². The Morgan fingerprint density at radius 1 is 1.23 bits per heavy atom. The zero-order valence-corrected chi connectivity index (χ0v) is 16.0. The molecule has 2 fully saturated rings. The summed E-state index contributed by atoms with van der Waals surface area (Å²) in [6, 6.07) is 0.0809. The molecule has 0 spiro atoms. The number of piperidine rings is 1. The van der Waals surface area contributed by atoms with Crippen molar-refractivity contribution in [2.75, 3.05) is 17.2 Å². The quantitative estimate of drug-likeness (QED) is 0.408. The zero-order chi connectivity index (χ0) is 18.0. The lowest BCUT2D eigenvalue weighted by molar-refractivity contribution is 0.239. The summed E-state index contributed by atoms with van der Waals surface area (Å²) in [5.74, 6) is 1.81. The molecular formula is C18H19ClF2N4S. The number of hydrogen-bond acceptors (Lipinski definition) is 5. The normalized spacial score (nSPS) is 29.8. The van der Waals surface area contributed by atoms with Gasteiger partial charge in [0.1, 0.15) is 17.5 Å². The van der Waals surface area contributed by atoms with Crippen molar-refractivity contribution in [2.45, 2.75) is 50.0 Å². The van der Waals surface area contributed by atoms with Crippen molar-refractivity contribution in [3.05, 3.63) is 16.7 Å². The summed E-state index contributed by atoms with van der Waals surface area (Å²) in [7, 11) is 0. The van der Waals surface area contributed by atoms with E-state index in [-0.39, 0.29) is 22.4 Å². The largest absolute Gasteiger partial charge is 0.352 e. The van der Waals surface area contributed by atoms with E-state index in [2.05, 4.69) is 14.9 Å². The van der Waals surface area contributed by atoms with Gasteiger partial charge < -0.3 is 4.90 Å². The molecule has 3 aliphatic rings. The number of rotatable bonds is 2. The molecule has 0 radical (unpaired) electrons. The molecule has 2 aromatic heterocycles. The predicted molar refractivity (Wildman–Crippen MR) is 99.1 cm³/mol. The number of hydrogen-bond donors (Lipinski definition) is 0. The minimum Gasteiger partial charge on any atom is -0.352 e. The molecule has 1 aliphatic carbocycles. The fourth-order valence-electron chi connectivity index (χ4n) is 4.94. The van der Waals surface area contributed by atoms with Crippen LogP contribution in [0, 0.1) is 17.7 Å². The Bertz CT molecular complexity index is 895. The minimum absolute atomic E-state index is 0.0809. The Morgan fingerprint density at radius 2 is 2.08 bits per heavy atom. The first kappa shape index (κ1) is 16.9.